The molecule has 1 saturated carbocycles. The molecule has 1 heterocycles. The molecule has 70 valence electrons. The Bertz CT molecular complexity index is 303. The Morgan fingerprint density at radius 1 is 1.38 bits per heavy atom. The predicted octanol–water partition coefficient (Wildman–Crippen LogP) is 2.15. The molecule has 0 aliphatic heterocycles. The molecule has 0 amide bonds. The average Bonchev–Trinajstić information content (AvgIpc) is 2.54. The summed E-state index contributed by atoms with van der Waals surface area (Å²) < 4.78 is 0. The van der Waals surface area contributed by atoms with E-state index in [0.717, 1.165) is 36.9 Å². The molecular formula is C11H15NO. The summed E-state index contributed by atoms with van der Waals surface area (Å²) >= 11 is 0. The number of hydrogen-bond donors (Lipinski definition) is 1. The van der Waals surface area contributed by atoms with Crippen LogP contribution in [0, 0.1) is 6.92 Å². The Kier molecular flexibility index (Phi) is 2.08. The first-order chi connectivity index (χ1) is 6.21. The summed E-state index contributed by atoms with van der Waals surface area (Å²) in [4.78, 5) is 4.13. The monoisotopic (exact) mass is 177 g/mol. The summed E-state index contributed by atoms with van der Waals surface area (Å²) in [7, 11) is 0. The van der Waals surface area contributed by atoms with Gasteiger partial charge in [0, 0.05) is 11.9 Å². The van der Waals surface area contributed by atoms with Crippen LogP contribution in [0.25, 0.3) is 0 Å². The molecule has 1 fully saturated rings. The topological polar surface area (TPSA) is 33.1 Å². The number of aromatic nitrogens is 1. The SMILES string of the molecule is Cc1cc(C2(O)CCCC2)ccn1. The van der Waals surface area contributed by atoms with E-state index in [1.165, 1.54) is 0 Å². The lowest BCUT2D eigenvalue weighted by atomic mass is 9.93. The van der Waals surface area contributed by atoms with Crippen LogP contribution in [0.1, 0.15) is 36.9 Å². The average molecular weight is 177 g/mol. The maximum Gasteiger partial charge on any atom is 0.0897 e. The maximum atomic E-state index is 10.3. The van der Waals surface area contributed by atoms with Crippen LogP contribution in [0.4, 0.5) is 0 Å². The third-order valence-corrected chi connectivity index (χ3v) is 2.86. The van der Waals surface area contributed by atoms with E-state index in [2.05, 4.69) is 4.98 Å². The Morgan fingerprint density at radius 2 is 2.08 bits per heavy atom. The number of pyridine rings is 1. The van der Waals surface area contributed by atoms with Gasteiger partial charge in [0.2, 0.25) is 0 Å². The van der Waals surface area contributed by atoms with E-state index in [9.17, 15) is 5.11 Å². The molecule has 0 atom stereocenters. The van der Waals surface area contributed by atoms with E-state index < -0.39 is 5.60 Å². The Labute approximate surface area is 78.6 Å². The van der Waals surface area contributed by atoms with Gasteiger partial charge < -0.3 is 5.11 Å². The minimum atomic E-state index is -0.562. The minimum absolute atomic E-state index is 0.562. The standard InChI is InChI=1S/C11H15NO/c1-9-8-10(4-7-12-9)11(13)5-2-3-6-11/h4,7-8,13H,2-3,5-6H2,1H3. The fraction of sp³-hybridized carbons (Fsp3) is 0.545. The minimum Gasteiger partial charge on any atom is -0.385 e. The summed E-state index contributed by atoms with van der Waals surface area (Å²) in [6.45, 7) is 1.96. The fourth-order valence-corrected chi connectivity index (χ4v) is 2.08. The number of hydrogen-bond acceptors (Lipinski definition) is 2. The van der Waals surface area contributed by atoms with Crippen LogP contribution in [0.3, 0.4) is 0 Å². The highest BCUT2D eigenvalue weighted by molar-refractivity contribution is 5.23. The molecule has 1 aromatic heterocycles. The van der Waals surface area contributed by atoms with Gasteiger partial charge in [-0.1, -0.05) is 12.8 Å². The molecule has 1 N–H and O–H groups in total. The highest BCUT2D eigenvalue weighted by Gasteiger charge is 2.32. The van der Waals surface area contributed by atoms with E-state index in [1.807, 2.05) is 19.1 Å². The summed E-state index contributed by atoms with van der Waals surface area (Å²) in [6.07, 6.45) is 5.85. The number of rotatable bonds is 1. The Balaban J connectivity index is 2.33. The molecular weight excluding hydrogens is 162 g/mol. The Morgan fingerprint density at radius 3 is 2.69 bits per heavy atom. The van der Waals surface area contributed by atoms with Crippen LogP contribution in [-0.4, -0.2) is 10.1 Å². The zero-order chi connectivity index (χ0) is 9.31. The molecule has 1 aliphatic rings. The summed E-state index contributed by atoms with van der Waals surface area (Å²) in [5.74, 6) is 0. The lowest BCUT2D eigenvalue weighted by Gasteiger charge is -2.22. The van der Waals surface area contributed by atoms with E-state index in [0.29, 0.717) is 0 Å². The van der Waals surface area contributed by atoms with Crippen molar-refractivity contribution in [3.63, 3.8) is 0 Å². The van der Waals surface area contributed by atoms with Crippen molar-refractivity contribution >= 4 is 0 Å². The van der Waals surface area contributed by atoms with Crippen LogP contribution in [0.5, 0.6) is 0 Å². The van der Waals surface area contributed by atoms with Crippen LogP contribution in [0.15, 0.2) is 18.3 Å². The third kappa shape index (κ3) is 1.59. The normalized spacial score (nSPS) is 20.5. The lowest BCUT2D eigenvalue weighted by Crippen LogP contribution is -2.20. The second-order valence-electron chi connectivity index (χ2n) is 3.92. The van der Waals surface area contributed by atoms with E-state index in [1.54, 1.807) is 6.20 Å². The van der Waals surface area contributed by atoms with Gasteiger partial charge in [-0.25, -0.2) is 0 Å². The number of nitrogens with zero attached hydrogens (tertiary/aromatic N) is 1. The van der Waals surface area contributed by atoms with Crippen molar-refractivity contribution in [2.45, 2.75) is 38.2 Å². The van der Waals surface area contributed by atoms with Crippen LogP contribution in [0.2, 0.25) is 0 Å². The van der Waals surface area contributed by atoms with Crippen molar-refractivity contribution in [1.29, 1.82) is 0 Å². The van der Waals surface area contributed by atoms with E-state index >= 15 is 0 Å². The first kappa shape index (κ1) is 8.70. The summed E-state index contributed by atoms with van der Waals surface area (Å²) in [5, 5.41) is 10.3. The highest BCUT2D eigenvalue weighted by atomic mass is 16.3. The van der Waals surface area contributed by atoms with Crippen molar-refractivity contribution in [3.05, 3.63) is 29.6 Å². The maximum absolute atomic E-state index is 10.3. The van der Waals surface area contributed by atoms with Crippen LogP contribution >= 0.6 is 0 Å². The van der Waals surface area contributed by atoms with E-state index in [-0.39, 0.29) is 0 Å². The molecule has 0 radical (unpaired) electrons. The molecule has 2 heteroatoms. The predicted molar refractivity (Wildman–Crippen MR) is 51.3 cm³/mol. The summed E-state index contributed by atoms with van der Waals surface area (Å²) in [5.41, 5.74) is 1.46. The second kappa shape index (κ2) is 3.11. The zero-order valence-corrected chi connectivity index (χ0v) is 7.95. The molecule has 0 saturated heterocycles. The van der Waals surface area contributed by atoms with Gasteiger partial charge in [0.25, 0.3) is 0 Å². The van der Waals surface area contributed by atoms with Gasteiger partial charge >= 0.3 is 0 Å². The second-order valence-corrected chi connectivity index (χ2v) is 3.92. The van der Waals surface area contributed by atoms with Crippen molar-refractivity contribution in [2.75, 3.05) is 0 Å². The molecule has 0 spiro atoms. The smallest absolute Gasteiger partial charge is 0.0897 e. The van der Waals surface area contributed by atoms with Gasteiger partial charge in [0.05, 0.1) is 5.60 Å². The molecule has 13 heavy (non-hydrogen) atoms. The first-order valence-corrected chi connectivity index (χ1v) is 4.86. The first-order valence-electron chi connectivity index (χ1n) is 4.86. The highest BCUT2D eigenvalue weighted by Crippen LogP contribution is 2.38. The van der Waals surface area contributed by atoms with Gasteiger partial charge in [0.1, 0.15) is 0 Å². The van der Waals surface area contributed by atoms with Gasteiger partial charge in [-0.3, -0.25) is 4.98 Å². The van der Waals surface area contributed by atoms with Crippen LogP contribution in [-0.2, 0) is 5.60 Å². The van der Waals surface area contributed by atoms with Crippen molar-refractivity contribution in [2.24, 2.45) is 0 Å². The van der Waals surface area contributed by atoms with Gasteiger partial charge in [-0.15, -0.1) is 0 Å². The molecule has 1 aromatic rings. The quantitative estimate of drug-likeness (QED) is 0.713. The zero-order valence-electron chi connectivity index (χ0n) is 7.95. The van der Waals surface area contributed by atoms with Gasteiger partial charge in [-0.2, -0.15) is 0 Å². The number of aryl methyl sites for hydroxylation is 1. The molecule has 1 aliphatic carbocycles. The van der Waals surface area contributed by atoms with Gasteiger partial charge in [-0.05, 0) is 37.5 Å². The Hall–Kier alpha value is -0.890. The van der Waals surface area contributed by atoms with Gasteiger partial charge in [0.15, 0.2) is 0 Å². The van der Waals surface area contributed by atoms with E-state index in [4.69, 9.17) is 0 Å². The number of aliphatic hydroxyl groups is 1. The summed E-state index contributed by atoms with van der Waals surface area (Å²) in [6, 6.07) is 3.92. The molecule has 2 rings (SSSR count). The van der Waals surface area contributed by atoms with Crippen molar-refractivity contribution in [3.8, 4) is 0 Å². The molecule has 2 nitrogen and oxygen atoms in total. The lowest BCUT2D eigenvalue weighted by molar-refractivity contribution is 0.0443. The molecule has 0 aromatic carbocycles. The molecule has 0 unspecified atom stereocenters. The third-order valence-electron chi connectivity index (χ3n) is 2.86. The van der Waals surface area contributed by atoms with Crippen molar-refractivity contribution in [1.82, 2.24) is 4.98 Å². The largest absolute Gasteiger partial charge is 0.385 e. The van der Waals surface area contributed by atoms with Crippen LogP contribution < -0.4 is 0 Å². The van der Waals surface area contributed by atoms with Crippen molar-refractivity contribution < 1.29 is 5.11 Å². The molecule has 0 bridgehead atoms. The fourth-order valence-electron chi connectivity index (χ4n) is 2.08.